The van der Waals surface area contributed by atoms with E-state index >= 15 is 0 Å². The number of halogens is 2. The van der Waals surface area contributed by atoms with Gasteiger partial charge in [-0.2, -0.15) is 0 Å². The Labute approximate surface area is 166 Å². The molecule has 28 heavy (non-hydrogen) atoms. The summed E-state index contributed by atoms with van der Waals surface area (Å²) < 4.78 is 0. The molecule has 1 aliphatic heterocycles. The van der Waals surface area contributed by atoms with Crippen molar-refractivity contribution in [2.75, 3.05) is 4.90 Å². The molecule has 2 aromatic rings. The molecule has 11 heteroatoms. The van der Waals surface area contributed by atoms with Crippen LogP contribution in [0.3, 0.4) is 0 Å². The fourth-order valence-corrected chi connectivity index (χ4v) is 3.00. The van der Waals surface area contributed by atoms with Gasteiger partial charge in [-0.1, -0.05) is 29.3 Å². The number of nitrogens with one attached hydrogen (secondary N) is 1. The molecule has 0 radical (unpaired) electrons. The molecule has 0 unspecified atom stereocenters. The number of carbonyl (C=O) groups excluding carboxylic acids is 3. The van der Waals surface area contributed by atoms with E-state index in [9.17, 15) is 29.6 Å². The van der Waals surface area contributed by atoms with Gasteiger partial charge in [0.15, 0.2) is 0 Å². The van der Waals surface area contributed by atoms with Gasteiger partial charge >= 0.3 is 6.03 Å². The Bertz CT molecular complexity index is 1080. The number of barbiturate groups is 1. The molecule has 0 aliphatic carbocycles. The number of phenolic OH excluding ortho intramolecular Hbond substituents is 1. The summed E-state index contributed by atoms with van der Waals surface area (Å²) in [5.41, 5.74) is -0.979. The van der Waals surface area contributed by atoms with Crippen LogP contribution in [0.4, 0.5) is 16.2 Å². The number of anilines is 1. The molecule has 1 fully saturated rings. The number of hydrogen-bond donors (Lipinski definition) is 2. The van der Waals surface area contributed by atoms with E-state index in [4.69, 9.17) is 23.2 Å². The van der Waals surface area contributed by atoms with Gasteiger partial charge in [0.05, 0.1) is 15.6 Å². The third-order valence-corrected chi connectivity index (χ3v) is 4.26. The highest BCUT2D eigenvalue weighted by molar-refractivity contribution is 6.40. The first-order valence-electron chi connectivity index (χ1n) is 7.53. The summed E-state index contributed by atoms with van der Waals surface area (Å²) in [5, 5.41) is 23.0. The van der Waals surface area contributed by atoms with Crippen molar-refractivity contribution in [3.8, 4) is 5.75 Å². The quantitative estimate of drug-likeness (QED) is 0.338. The summed E-state index contributed by atoms with van der Waals surface area (Å²) >= 11 is 11.7. The van der Waals surface area contributed by atoms with Gasteiger partial charge < -0.3 is 5.11 Å². The molecular formula is C17H9Cl2N3O6. The Hall–Kier alpha value is -3.43. The third kappa shape index (κ3) is 3.53. The zero-order valence-corrected chi connectivity index (χ0v) is 15.2. The number of nitro benzene ring substituents is 1. The normalized spacial score (nSPS) is 15.7. The minimum absolute atomic E-state index is 0.0238. The minimum Gasteiger partial charge on any atom is -0.506 e. The van der Waals surface area contributed by atoms with Crippen LogP contribution < -0.4 is 10.2 Å². The number of phenols is 1. The SMILES string of the molecule is O=C1NC(=O)N(c2cccc([N+](=O)[O-])c2)C(=O)/C1=C/c1cc(Cl)cc(Cl)c1O. The van der Waals surface area contributed by atoms with E-state index in [1.165, 1.54) is 30.3 Å². The lowest BCUT2D eigenvalue weighted by atomic mass is 10.1. The van der Waals surface area contributed by atoms with Gasteiger partial charge in [0.25, 0.3) is 17.5 Å². The van der Waals surface area contributed by atoms with Crippen LogP contribution in [-0.4, -0.2) is 27.9 Å². The van der Waals surface area contributed by atoms with E-state index in [0.29, 0.717) is 4.90 Å². The van der Waals surface area contributed by atoms with E-state index in [1.54, 1.807) is 0 Å². The van der Waals surface area contributed by atoms with Gasteiger partial charge in [-0.05, 0) is 24.3 Å². The van der Waals surface area contributed by atoms with E-state index in [-0.39, 0.29) is 27.0 Å². The standard InChI is InChI=1S/C17H9Cl2N3O6/c18-9-4-8(14(23)13(19)6-9)5-12-15(24)20-17(26)21(16(12)25)10-2-1-3-11(7-10)22(27)28/h1-7,23H,(H,20,24,26)/b12-5+. The Morgan fingerprint density at radius 2 is 1.86 bits per heavy atom. The van der Waals surface area contributed by atoms with Crippen molar-refractivity contribution in [1.82, 2.24) is 5.32 Å². The van der Waals surface area contributed by atoms with E-state index in [0.717, 1.165) is 12.1 Å². The number of nitrogens with zero attached hydrogens (tertiary/aromatic N) is 2. The fourth-order valence-electron chi connectivity index (χ4n) is 2.49. The molecule has 0 aromatic heterocycles. The van der Waals surface area contributed by atoms with Crippen LogP contribution in [0.1, 0.15) is 5.56 Å². The van der Waals surface area contributed by atoms with E-state index in [2.05, 4.69) is 0 Å². The van der Waals surface area contributed by atoms with Crippen molar-refractivity contribution in [3.05, 3.63) is 67.7 Å². The maximum atomic E-state index is 12.8. The highest BCUT2D eigenvalue weighted by atomic mass is 35.5. The summed E-state index contributed by atoms with van der Waals surface area (Å²) in [6.07, 6.45) is 1.02. The van der Waals surface area contributed by atoms with Gasteiger partial charge in [-0.15, -0.1) is 0 Å². The second kappa shape index (κ2) is 7.29. The Morgan fingerprint density at radius 1 is 1.14 bits per heavy atom. The average Bonchev–Trinajstić information content (AvgIpc) is 2.62. The predicted octanol–water partition coefficient (Wildman–Crippen LogP) is 3.27. The molecular weight excluding hydrogens is 413 g/mol. The molecule has 3 rings (SSSR count). The molecule has 142 valence electrons. The van der Waals surface area contributed by atoms with E-state index < -0.39 is 34.1 Å². The number of carbonyl (C=O) groups is 3. The lowest BCUT2D eigenvalue weighted by molar-refractivity contribution is -0.384. The molecule has 2 N–H and O–H groups in total. The Balaban J connectivity index is 2.09. The number of urea groups is 1. The van der Waals surface area contributed by atoms with Gasteiger partial charge in [0, 0.05) is 22.7 Å². The number of imide groups is 2. The first-order valence-corrected chi connectivity index (χ1v) is 8.28. The van der Waals surface area contributed by atoms with Crippen LogP contribution >= 0.6 is 23.2 Å². The monoisotopic (exact) mass is 421 g/mol. The molecule has 1 heterocycles. The van der Waals surface area contributed by atoms with Crippen molar-refractivity contribution >= 4 is 58.5 Å². The van der Waals surface area contributed by atoms with Crippen LogP contribution in [0, 0.1) is 10.1 Å². The Morgan fingerprint density at radius 3 is 2.54 bits per heavy atom. The second-order valence-corrected chi connectivity index (χ2v) is 6.40. The van der Waals surface area contributed by atoms with Crippen molar-refractivity contribution in [2.45, 2.75) is 0 Å². The van der Waals surface area contributed by atoms with Crippen LogP contribution in [-0.2, 0) is 9.59 Å². The number of nitro groups is 1. The number of benzene rings is 2. The zero-order chi connectivity index (χ0) is 20.6. The van der Waals surface area contributed by atoms with Gasteiger partial charge in [-0.25, -0.2) is 9.69 Å². The van der Waals surface area contributed by atoms with Gasteiger partial charge in [0.1, 0.15) is 11.3 Å². The lowest BCUT2D eigenvalue weighted by Crippen LogP contribution is -2.54. The molecule has 0 atom stereocenters. The molecule has 1 saturated heterocycles. The van der Waals surface area contributed by atoms with Crippen molar-refractivity contribution in [2.24, 2.45) is 0 Å². The summed E-state index contributed by atoms with van der Waals surface area (Å²) in [7, 11) is 0. The number of non-ortho nitro benzene ring substituents is 1. The summed E-state index contributed by atoms with van der Waals surface area (Å²) in [6.45, 7) is 0. The number of aromatic hydroxyl groups is 1. The maximum absolute atomic E-state index is 12.8. The second-order valence-electron chi connectivity index (χ2n) is 5.56. The van der Waals surface area contributed by atoms with Gasteiger partial charge in [0.2, 0.25) is 0 Å². The maximum Gasteiger partial charge on any atom is 0.335 e. The van der Waals surface area contributed by atoms with Gasteiger partial charge in [-0.3, -0.25) is 25.0 Å². The predicted molar refractivity (Wildman–Crippen MR) is 100 cm³/mol. The fraction of sp³-hybridized carbons (Fsp3) is 0. The van der Waals surface area contributed by atoms with Crippen molar-refractivity contribution < 1.29 is 24.4 Å². The molecule has 4 amide bonds. The van der Waals surface area contributed by atoms with Crippen LogP contribution in [0.5, 0.6) is 5.75 Å². The highest BCUT2D eigenvalue weighted by Crippen LogP contribution is 2.33. The van der Waals surface area contributed by atoms with E-state index in [1.807, 2.05) is 5.32 Å². The smallest absolute Gasteiger partial charge is 0.335 e. The zero-order valence-electron chi connectivity index (χ0n) is 13.7. The largest absolute Gasteiger partial charge is 0.506 e. The molecule has 1 aliphatic rings. The summed E-state index contributed by atoms with van der Waals surface area (Å²) in [4.78, 5) is 47.9. The number of rotatable bonds is 3. The lowest BCUT2D eigenvalue weighted by Gasteiger charge is -2.26. The first-order chi connectivity index (χ1) is 13.2. The van der Waals surface area contributed by atoms with Crippen molar-refractivity contribution in [3.63, 3.8) is 0 Å². The van der Waals surface area contributed by atoms with Crippen molar-refractivity contribution in [1.29, 1.82) is 0 Å². The van der Waals surface area contributed by atoms with Crippen LogP contribution in [0.15, 0.2) is 42.0 Å². The third-order valence-electron chi connectivity index (χ3n) is 3.76. The molecule has 2 aromatic carbocycles. The average molecular weight is 422 g/mol. The highest BCUT2D eigenvalue weighted by Gasteiger charge is 2.37. The topological polar surface area (TPSA) is 130 Å². The van der Waals surface area contributed by atoms with Crippen LogP contribution in [0.25, 0.3) is 6.08 Å². The summed E-state index contributed by atoms with van der Waals surface area (Å²) in [6, 6.07) is 6.25. The molecule has 0 bridgehead atoms. The molecule has 0 saturated carbocycles. The number of amides is 4. The Kier molecular flexibility index (Phi) is 5.04. The molecule has 0 spiro atoms. The molecule has 9 nitrogen and oxygen atoms in total. The minimum atomic E-state index is -1.07. The summed E-state index contributed by atoms with van der Waals surface area (Å²) in [5.74, 6) is -2.46. The van der Waals surface area contributed by atoms with Crippen LogP contribution in [0.2, 0.25) is 10.0 Å². The number of hydrogen-bond acceptors (Lipinski definition) is 6. The first kappa shape index (κ1) is 19.3.